The molecule has 0 aromatic carbocycles. The lowest BCUT2D eigenvalue weighted by molar-refractivity contribution is -0.134. The molecule has 1 aliphatic rings. The van der Waals surface area contributed by atoms with Crippen molar-refractivity contribution < 1.29 is 14.7 Å². The van der Waals surface area contributed by atoms with Gasteiger partial charge in [0.1, 0.15) is 0 Å². The Bertz CT molecular complexity index is 527. The van der Waals surface area contributed by atoms with Gasteiger partial charge < -0.3 is 15.3 Å². The molecule has 1 atom stereocenters. The summed E-state index contributed by atoms with van der Waals surface area (Å²) in [5.41, 5.74) is 1.23. The van der Waals surface area contributed by atoms with E-state index in [0.717, 1.165) is 13.0 Å². The van der Waals surface area contributed by atoms with E-state index in [0.29, 0.717) is 6.54 Å². The molecule has 1 aromatic heterocycles. The normalized spacial score (nSPS) is 15.5. The molecule has 0 saturated carbocycles. The molecule has 5 nitrogen and oxygen atoms in total. The predicted molar refractivity (Wildman–Crippen MR) is 86.5 cm³/mol. The van der Waals surface area contributed by atoms with Crippen LogP contribution in [0.25, 0.3) is 0 Å². The molecule has 0 bridgehead atoms. The highest BCUT2D eigenvalue weighted by Gasteiger charge is 2.21. The van der Waals surface area contributed by atoms with Crippen molar-refractivity contribution in [1.82, 2.24) is 10.2 Å². The smallest absolute Gasteiger partial charge is 0.223 e. The van der Waals surface area contributed by atoms with Crippen LogP contribution in [0.5, 0.6) is 0 Å². The first-order chi connectivity index (χ1) is 10.5. The molecule has 2 rings (SSSR count). The van der Waals surface area contributed by atoms with Crippen LogP contribution in [0.1, 0.15) is 37.1 Å². The molecule has 2 heterocycles. The Morgan fingerprint density at radius 3 is 2.91 bits per heavy atom. The molecule has 22 heavy (non-hydrogen) atoms. The topological polar surface area (TPSA) is 69.6 Å². The van der Waals surface area contributed by atoms with Gasteiger partial charge in [0.25, 0.3) is 0 Å². The summed E-state index contributed by atoms with van der Waals surface area (Å²) < 4.78 is 0. The predicted octanol–water partition coefficient (Wildman–Crippen LogP) is 1.55. The van der Waals surface area contributed by atoms with Gasteiger partial charge in [-0.25, -0.2) is 0 Å². The van der Waals surface area contributed by atoms with E-state index in [-0.39, 0.29) is 37.1 Å². The molecule has 1 aromatic rings. The lowest BCUT2D eigenvalue weighted by atomic mass is 10.1. The number of carbonyl (C=O) groups is 2. The lowest BCUT2D eigenvalue weighted by Gasteiger charge is -2.27. The van der Waals surface area contributed by atoms with E-state index >= 15 is 0 Å². The van der Waals surface area contributed by atoms with E-state index in [1.807, 2.05) is 18.7 Å². The number of aliphatic hydroxyl groups excluding tert-OH is 1. The van der Waals surface area contributed by atoms with Crippen molar-refractivity contribution in [3.8, 4) is 0 Å². The van der Waals surface area contributed by atoms with E-state index in [1.54, 1.807) is 11.3 Å². The molecule has 1 aliphatic heterocycles. The number of carbonyl (C=O) groups excluding carboxylic acids is 2. The van der Waals surface area contributed by atoms with Gasteiger partial charge in [0.15, 0.2) is 0 Å². The van der Waals surface area contributed by atoms with E-state index in [2.05, 4.69) is 16.8 Å². The van der Waals surface area contributed by atoms with Crippen LogP contribution < -0.4 is 5.32 Å². The van der Waals surface area contributed by atoms with Gasteiger partial charge in [-0.2, -0.15) is 0 Å². The maximum Gasteiger partial charge on any atom is 0.223 e. The molecule has 0 radical (unpaired) electrons. The van der Waals surface area contributed by atoms with E-state index in [1.165, 1.54) is 10.4 Å². The number of thiophene rings is 1. The number of fused-ring (bicyclic) bond motifs is 1. The van der Waals surface area contributed by atoms with Gasteiger partial charge in [-0.1, -0.05) is 13.8 Å². The molecule has 0 aliphatic carbocycles. The van der Waals surface area contributed by atoms with E-state index < -0.39 is 6.10 Å². The minimum absolute atomic E-state index is 0.0245. The van der Waals surface area contributed by atoms with Crippen molar-refractivity contribution in [1.29, 1.82) is 0 Å². The largest absolute Gasteiger partial charge is 0.391 e. The minimum atomic E-state index is -0.543. The van der Waals surface area contributed by atoms with Crippen LogP contribution in [0.4, 0.5) is 0 Å². The highest BCUT2D eigenvalue weighted by molar-refractivity contribution is 7.10. The van der Waals surface area contributed by atoms with Gasteiger partial charge in [-0.05, 0) is 29.3 Å². The maximum absolute atomic E-state index is 12.2. The minimum Gasteiger partial charge on any atom is -0.391 e. The number of aliphatic hydroxyl groups is 1. The van der Waals surface area contributed by atoms with Crippen molar-refractivity contribution in [2.45, 2.75) is 45.8 Å². The number of hydrogen-bond donors (Lipinski definition) is 2. The first-order valence-electron chi connectivity index (χ1n) is 7.75. The lowest BCUT2D eigenvalue weighted by Crippen LogP contribution is -2.37. The molecule has 0 fully saturated rings. The van der Waals surface area contributed by atoms with E-state index in [4.69, 9.17) is 0 Å². The Morgan fingerprint density at radius 1 is 1.41 bits per heavy atom. The third-order valence-electron chi connectivity index (χ3n) is 4.00. The summed E-state index contributed by atoms with van der Waals surface area (Å²) in [6, 6.07) is 2.07. The third kappa shape index (κ3) is 4.55. The van der Waals surface area contributed by atoms with Gasteiger partial charge in [0.05, 0.1) is 6.10 Å². The fourth-order valence-corrected chi connectivity index (χ4v) is 3.27. The maximum atomic E-state index is 12.2. The molecule has 6 heteroatoms. The fourth-order valence-electron chi connectivity index (χ4n) is 2.38. The summed E-state index contributed by atoms with van der Waals surface area (Å²) in [5.74, 6) is -0.0484. The zero-order valence-electron chi connectivity index (χ0n) is 13.2. The second kappa shape index (κ2) is 7.74. The highest BCUT2D eigenvalue weighted by Crippen LogP contribution is 2.24. The molecule has 2 amide bonds. The standard InChI is InChI=1S/C16H24N2O3S/c1-11(2)13(19)9-17-15(20)3-4-16(21)18-7-5-14-12(10-18)6-8-22-14/h6,8,11,13,19H,3-5,7,9-10H2,1-2H3,(H,17,20). The molecular weight excluding hydrogens is 300 g/mol. The van der Waals surface area contributed by atoms with Gasteiger partial charge >= 0.3 is 0 Å². The summed E-state index contributed by atoms with van der Waals surface area (Å²) in [6.45, 7) is 5.43. The van der Waals surface area contributed by atoms with Gasteiger partial charge in [0, 0.05) is 37.4 Å². The average molecular weight is 324 g/mol. The van der Waals surface area contributed by atoms with Crippen molar-refractivity contribution in [2.24, 2.45) is 5.92 Å². The van der Waals surface area contributed by atoms with Crippen LogP contribution in [0.15, 0.2) is 11.4 Å². The van der Waals surface area contributed by atoms with Crippen molar-refractivity contribution in [3.05, 3.63) is 21.9 Å². The SMILES string of the molecule is CC(C)C(O)CNC(=O)CCC(=O)N1CCc2sccc2C1. The Labute approximate surface area is 135 Å². The molecule has 2 N–H and O–H groups in total. The molecule has 0 saturated heterocycles. The van der Waals surface area contributed by atoms with Crippen LogP contribution in [0, 0.1) is 5.92 Å². The average Bonchev–Trinajstić information content (AvgIpc) is 2.97. The Morgan fingerprint density at radius 2 is 2.18 bits per heavy atom. The van der Waals surface area contributed by atoms with Crippen LogP contribution >= 0.6 is 11.3 Å². The van der Waals surface area contributed by atoms with E-state index in [9.17, 15) is 14.7 Å². The summed E-state index contributed by atoms with van der Waals surface area (Å²) >= 11 is 1.74. The third-order valence-corrected chi connectivity index (χ3v) is 5.03. The number of nitrogens with one attached hydrogen (secondary N) is 1. The second-order valence-electron chi connectivity index (χ2n) is 6.05. The van der Waals surface area contributed by atoms with Crippen molar-refractivity contribution in [3.63, 3.8) is 0 Å². The zero-order chi connectivity index (χ0) is 16.1. The number of nitrogens with zero attached hydrogens (tertiary/aromatic N) is 1. The molecule has 122 valence electrons. The number of hydrogen-bond acceptors (Lipinski definition) is 4. The first-order valence-corrected chi connectivity index (χ1v) is 8.63. The summed E-state index contributed by atoms with van der Waals surface area (Å²) in [7, 11) is 0. The first kappa shape index (κ1) is 17.0. The number of rotatable bonds is 6. The quantitative estimate of drug-likeness (QED) is 0.834. The zero-order valence-corrected chi connectivity index (χ0v) is 14.0. The fraction of sp³-hybridized carbons (Fsp3) is 0.625. The molecular formula is C16H24N2O3S. The van der Waals surface area contributed by atoms with Gasteiger partial charge in [0.2, 0.25) is 11.8 Å². The summed E-state index contributed by atoms with van der Waals surface area (Å²) in [4.78, 5) is 27.1. The van der Waals surface area contributed by atoms with Crippen molar-refractivity contribution in [2.75, 3.05) is 13.1 Å². The van der Waals surface area contributed by atoms with Crippen LogP contribution in [-0.2, 0) is 22.6 Å². The molecule has 0 spiro atoms. The Balaban J connectivity index is 1.71. The van der Waals surface area contributed by atoms with Crippen LogP contribution in [-0.4, -0.2) is 41.0 Å². The highest BCUT2D eigenvalue weighted by atomic mass is 32.1. The second-order valence-corrected chi connectivity index (χ2v) is 7.05. The molecule has 1 unspecified atom stereocenters. The summed E-state index contributed by atoms with van der Waals surface area (Å²) in [6.07, 6.45) is 0.768. The monoisotopic (exact) mass is 324 g/mol. The number of amides is 2. The summed E-state index contributed by atoms with van der Waals surface area (Å²) in [5, 5.41) is 14.4. The van der Waals surface area contributed by atoms with Crippen LogP contribution in [0.3, 0.4) is 0 Å². The Hall–Kier alpha value is -1.40. The van der Waals surface area contributed by atoms with Crippen molar-refractivity contribution >= 4 is 23.2 Å². The van der Waals surface area contributed by atoms with Gasteiger partial charge in [-0.3, -0.25) is 9.59 Å². The van der Waals surface area contributed by atoms with Crippen LogP contribution in [0.2, 0.25) is 0 Å². The Kier molecular flexibility index (Phi) is 5.97. The van der Waals surface area contributed by atoms with Gasteiger partial charge in [-0.15, -0.1) is 11.3 Å².